The van der Waals surface area contributed by atoms with E-state index in [-0.39, 0.29) is 17.8 Å². The Morgan fingerprint density at radius 2 is 2.11 bits per heavy atom. The van der Waals surface area contributed by atoms with Crippen LogP contribution in [0.1, 0.15) is 49.4 Å². The number of hydrogen-bond donors (Lipinski definition) is 1. The number of rotatable bonds is 1. The van der Waals surface area contributed by atoms with Gasteiger partial charge < -0.3 is 5.73 Å². The van der Waals surface area contributed by atoms with Gasteiger partial charge in [0.05, 0.1) is 11.5 Å². The van der Waals surface area contributed by atoms with Gasteiger partial charge in [-0.25, -0.2) is 18.1 Å². The normalized spacial score (nSPS) is 30.9. The molecule has 2 unspecified atom stereocenters. The first kappa shape index (κ1) is 12.1. The standard InChI is InChI=1S/C11H18N4O2S/c12-9-4-1-5-10-13-11(14-15(9)10)8-3-2-6-18(16,17)7-8/h8-9H,1-7,12H2. The van der Waals surface area contributed by atoms with Crippen molar-refractivity contribution in [1.82, 2.24) is 14.8 Å². The minimum Gasteiger partial charge on any atom is -0.310 e. The van der Waals surface area contributed by atoms with Crippen LogP contribution in [-0.2, 0) is 16.3 Å². The molecule has 0 bridgehead atoms. The number of aryl methyl sites for hydroxylation is 1. The molecule has 2 N–H and O–H groups in total. The first-order chi connectivity index (χ1) is 8.55. The van der Waals surface area contributed by atoms with Gasteiger partial charge in [-0.1, -0.05) is 0 Å². The lowest BCUT2D eigenvalue weighted by Gasteiger charge is -2.19. The molecular formula is C11H18N4O2S. The molecule has 3 heterocycles. The molecule has 0 saturated carbocycles. The Labute approximate surface area is 106 Å². The van der Waals surface area contributed by atoms with Gasteiger partial charge in [0.25, 0.3) is 0 Å². The minimum absolute atomic E-state index is 0.0472. The highest BCUT2D eigenvalue weighted by atomic mass is 32.2. The van der Waals surface area contributed by atoms with Gasteiger partial charge in [0.2, 0.25) is 0 Å². The predicted octanol–water partition coefficient (Wildman–Crippen LogP) is 0.364. The third-order valence-corrected chi connectivity index (χ3v) is 5.58. The molecule has 6 nitrogen and oxygen atoms in total. The third-order valence-electron chi connectivity index (χ3n) is 3.76. The molecule has 100 valence electrons. The molecule has 2 aliphatic heterocycles. The Hall–Kier alpha value is -0.950. The fourth-order valence-electron chi connectivity index (χ4n) is 2.80. The van der Waals surface area contributed by atoms with Crippen LogP contribution in [0.15, 0.2) is 0 Å². The fourth-order valence-corrected chi connectivity index (χ4v) is 4.50. The molecule has 1 aromatic rings. The van der Waals surface area contributed by atoms with Crippen molar-refractivity contribution >= 4 is 9.84 Å². The molecular weight excluding hydrogens is 252 g/mol. The van der Waals surface area contributed by atoms with Crippen molar-refractivity contribution in [2.75, 3.05) is 11.5 Å². The number of nitrogens with two attached hydrogens (primary N) is 1. The third kappa shape index (κ3) is 2.16. The maximum absolute atomic E-state index is 11.7. The van der Waals surface area contributed by atoms with Gasteiger partial charge in [-0.3, -0.25) is 0 Å². The largest absolute Gasteiger partial charge is 0.310 e. The number of sulfone groups is 1. The van der Waals surface area contributed by atoms with Crippen LogP contribution in [0.5, 0.6) is 0 Å². The Morgan fingerprint density at radius 3 is 2.83 bits per heavy atom. The van der Waals surface area contributed by atoms with Gasteiger partial charge >= 0.3 is 0 Å². The Bertz CT molecular complexity index is 551. The lowest BCUT2D eigenvalue weighted by Crippen LogP contribution is -2.26. The summed E-state index contributed by atoms with van der Waals surface area (Å²) >= 11 is 0. The minimum atomic E-state index is -2.92. The van der Waals surface area contributed by atoms with E-state index in [1.165, 1.54) is 0 Å². The number of aromatic nitrogens is 3. The van der Waals surface area contributed by atoms with Crippen molar-refractivity contribution in [2.45, 2.75) is 44.2 Å². The zero-order valence-electron chi connectivity index (χ0n) is 10.2. The van der Waals surface area contributed by atoms with Crippen molar-refractivity contribution < 1.29 is 8.42 Å². The van der Waals surface area contributed by atoms with Crippen LogP contribution in [0.4, 0.5) is 0 Å². The SMILES string of the molecule is NC1CCCc2nc(C3CCCS(=O)(=O)C3)nn21. The second kappa shape index (κ2) is 4.31. The molecule has 2 atom stereocenters. The van der Waals surface area contributed by atoms with Crippen molar-refractivity contribution in [3.63, 3.8) is 0 Å². The average Bonchev–Trinajstić information content (AvgIpc) is 2.73. The summed E-state index contributed by atoms with van der Waals surface area (Å²) in [5, 5.41) is 4.44. The smallest absolute Gasteiger partial charge is 0.155 e. The number of fused-ring (bicyclic) bond motifs is 1. The molecule has 7 heteroatoms. The predicted molar refractivity (Wildman–Crippen MR) is 66.8 cm³/mol. The van der Waals surface area contributed by atoms with E-state index in [9.17, 15) is 8.42 Å². The van der Waals surface area contributed by atoms with Gasteiger partial charge in [0.15, 0.2) is 15.7 Å². The number of nitrogens with zero attached hydrogens (tertiary/aromatic N) is 3. The quantitative estimate of drug-likeness (QED) is 0.796. The van der Waals surface area contributed by atoms with Crippen molar-refractivity contribution in [3.8, 4) is 0 Å². The van der Waals surface area contributed by atoms with Crippen molar-refractivity contribution in [2.24, 2.45) is 5.73 Å². The Balaban J connectivity index is 1.89. The molecule has 0 radical (unpaired) electrons. The molecule has 0 aromatic carbocycles. The Morgan fingerprint density at radius 1 is 1.28 bits per heavy atom. The highest BCUT2D eigenvalue weighted by Gasteiger charge is 2.30. The van der Waals surface area contributed by atoms with Gasteiger partial charge in [-0.05, 0) is 25.7 Å². The summed E-state index contributed by atoms with van der Waals surface area (Å²) in [7, 11) is -2.92. The molecule has 0 aliphatic carbocycles. The summed E-state index contributed by atoms with van der Waals surface area (Å²) in [6.07, 6.45) is 4.30. The first-order valence-electron chi connectivity index (χ1n) is 6.46. The number of hydrogen-bond acceptors (Lipinski definition) is 5. The monoisotopic (exact) mass is 270 g/mol. The summed E-state index contributed by atoms with van der Waals surface area (Å²) in [5.41, 5.74) is 5.98. The van der Waals surface area contributed by atoms with E-state index in [0.717, 1.165) is 31.5 Å². The van der Waals surface area contributed by atoms with Crippen LogP contribution in [0.3, 0.4) is 0 Å². The summed E-state index contributed by atoms with van der Waals surface area (Å²) < 4.78 is 25.1. The fraction of sp³-hybridized carbons (Fsp3) is 0.818. The van der Waals surface area contributed by atoms with Crippen LogP contribution < -0.4 is 5.73 Å². The first-order valence-corrected chi connectivity index (χ1v) is 8.28. The van der Waals surface area contributed by atoms with Gasteiger partial charge in [0.1, 0.15) is 12.0 Å². The maximum Gasteiger partial charge on any atom is 0.155 e. The average molecular weight is 270 g/mol. The molecule has 1 fully saturated rings. The molecule has 3 rings (SSSR count). The molecule has 2 aliphatic rings. The van der Waals surface area contributed by atoms with E-state index in [2.05, 4.69) is 10.1 Å². The van der Waals surface area contributed by atoms with Crippen LogP contribution in [-0.4, -0.2) is 34.7 Å². The van der Waals surface area contributed by atoms with Crippen molar-refractivity contribution in [1.29, 1.82) is 0 Å². The topological polar surface area (TPSA) is 90.9 Å². The molecule has 0 spiro atoms. The second-order valence-corrected chi connectivity index (χ2v) is 7.47. The molecule has 0 amide bonds. The lowest BCUT2D eigenvalue weighted by molar-refractivity contribution is 0.370. The van der Waals surface area contributed by atoms with E-state index in [1.807, 2.05) is 0 Å². The van der Waals surface area contributed by atoms with E-state index in [0.29, 0.717) is 18.0 Å². The van der Waals surface area contributed by atoms with E-state index >= 15 is 0 Å². The zero-order valence-corrected chi connectivity index (χ0v) is 11.1. The summed E-state index contributed by atoms with van der Waals surface area (Å²) in [5.74, 6) is 2.02. The van der Waals surface area contributed by atoms with Crippen molar-refractivity contribution in [3.05, 3.63) is 11.6 Å². The maximum atomic E-state index is 11.7. The molecule has 1 aromatic heterocycles. The summed E-state index contributed by atoms with van der Waals surface area (Å²) in [6.45, 7) is 0. The molecule has 18 heavy (non-hydrogen) atoms. The zero-order chi connectivity index (χ0) is 12.8. The highest BCUT2D eigenvalue weighted by Crippen LogP contribution is 2.28. The molecule has 1 saturated heterocycles. The Kier molecular flexibility index (Phi) is 2.90. The van der Waals surface area contributed by atoms with E-state index < -0.39 is 9.84 Å². The van der Waals surface area contributed by atoms with Crippen LogP contribution in [0.25, 0.3) is 0 Å². The summed E-state index contributed by atoms with van der Waals surface area (Å²) in [6, 6.07) is 0. The van der Waals surface area contributed by atoms with Crippen LogP contribution >= 0.6 is 0 Å². The second-order valence-electron chi connectivity index (χ2n) is 5.24. The van der Waals surface area contributed by atoms with Gasteiger partial charge in [-0.2, -0.15) is 5.10 Å². The van der Waals surface area contributed by atoms with E-state index in [1.54, 1.807) is 4.68 Å². The highest BCUT2D eigenvalue weighted by molar-refractivity contribution is 7.91. The van der Waals surface area contributed by atoms with E-state index in [4.69, 9.17) is 5.73 Å². The summed E-state index contributed by atoms with van der Waals surface area (Å²) in [4.78, 5) is 4.50. The van der Waals surface area contributed by atoms with Gasteiger partial charge in [-0.15, -0.1) is 0 Å². The van der Waals surface area contributed by atoms with Gasteiger partial charge in [0, 0.05) is 12.3 Å². The van der Waals surface area contributed by atoms with Crippen LogP contribution in [0.2, 0.25) is 0 Å². The van der Waals surface area contributed by atoms with Crippen LogP contribution in [0, 0.1) is 0 Å². The lowest BCUT2D eigenvalue weighted by atomic mass is 10.1.